The van der Waals surface area contributed by atoms with E-state index in [1.807, 2.05) is 37.3 Å². The van der Waals surface area contributed by atoms with Crippen molar-refractivity contribution in [2.75, 3.05) is 18.7 Å². The number of hydrogen-bond donors (Lipinski definition) is 2. The summed E-state index contributed by atoms with van der Waals surface area (Å²) < 4.78 is 11.9. The highest BCUT2D eigenvalue weighted by atomic mass is 32.2. The van der Waals surface area contributed by atoms with Gasteiger partial charge in [-0.2, -0.15) is 0 Å². The third-order valence-electron chi connectivity index (χ3n) is 5.93. The number of furan rings is 1. The van der Waals surface area contributed by atoms with Gasteiger partial charge >= 0.3 is 12.0 Å². The molecule has 10 nitrogen and oxygen atoms in total. The fraction of sp³-hybridized carbons (Fsp3) is 0.304. The maximum Gasteiger partial charge on any atom is 0.338 e. The summed E-state index contributed by atoms with van der Waals surface area (Å²) in [5, 5.41) is 11.9. The number of carbonyl (C=O) groups excluding carboxylic acids is 2. The monoisotopic (exact) mass is 480 g/mol. The molecule has 3 heterocycles. The molecule has 1 atom stereocenters. The Morgan fingerprint density at radius 2 is 2.03 bits per heavy atom. The maximum atomic E-state index is 13.2. The third-order valence-corrected chi connectivity index (χ3v) is 6.88. The molecule has 3 aromatic rings. The zero-order valence-electron chi connectivity index (χ0n) is 18.7. The predicted octanol–water partition coefficient (Wildman–Crippen LogP) is 3.01. The van der Waals surface area contributed by atoms with Crippen molar-refractivity contribution >= 4 is 23.8 Å². The van der Waals surface area contributed by atoms with E-state index in [1.165, 1.54) is 23.5 Å². The summed E-state index contributed by atoms with van der Waals surface area (Å²) >= 11 is 1.30. The summed E-state index contributed by atoms with van der Waals surface area (Å²) in [6.45, 7) is 1.82. The zero-order chi connectivity index (χ0) is 23.8. The molecular weight excluding hydrogens is 456 g/mol. The minimum atomic E-state index is -0.619. The van der Waals surface area contributed by atoms with Crippen molar-refractivity contribution < 1.29 is 18.7 Å². The number of rotatable bonds is 7. The van der Waals surface area contributed by atoms with Gasteiger partial charge in [0, 0.05) is 17.5 Å². The number of nitrogens with zero attached hydrogens (tertiary/aromatic N) is 4. The molecule has 1 aliphatic carbocycles. The van der Waals surface area contributed by atoms with Crippen LogP contribution >= 0.6 is 11.8 Å². The molecule has 2 aliphatic rings. The lowest BCUT2D eigenvalue weighted by Crippen LogP contribution is -2.50. The third kappa shape index (κ3) is 3.92. The summed E-state index contributed by atoms with van der Waals surface area (Å²) in [5.74, 6) is 7.24. The molecular formula is C23H24N6O4S. The first-order valence-corrected chi connectivity index (χ1v) is 11.8. The molecule has 1 aromatic carbocycles. The number of amides is 2. The van der Waals surface area contributed by atoms with Gasteiger partial charge in [-0.15, -0.1) is 10.2 Å². The zero-order valence-corrected chi connectivity index (χ0v) is 19.5. The lowest BCUT2D eigenvalue weighted by Gasteiger charge is -2.36. The van der Waals surface area contributed by atoms with Crippen LogP contribution in [0.3, 0.4) is 0 Å². The summed E-state index contributed by atoms with van der Waals surface area (Å²) in [5.41, 5.74) is 2.55. The van der Waals surface area contributed by atoms with Gasteiger partial charge in [0.2, 0.25) is 5.16 Å². The van der Waals surface area contributed by atoms with Gasteiger partial charge in [-0.1, -0.05) is 42.1 Å². The highest BCUT2D eigenvalue weighted by Crippen LogP contribution is 2.40. The van der Waals surface area contributed by atoms with E-state index in [4.69, 9.17) is 15.0 Å². The Balaban J connectivity index is 1.52. The second-order valence-electron chi connectivity index (χ2n) is 8.10. The van der Waals surface area contributed by atoms with E-state index in [9.17, 15) is 9.59 Å². The molecule has 0 spiro atoms. The van der Waals surface area contributed by atoms with Gasteiger partial charge in [0.15, 0.2) is 5.82 Å². The highest BCUT2D eigenvalue weighted by molar-refractivity contribution is 7.99. The van der Waals surface area contributed by atoms with Gasteiger partial charge in [0.1, 0.15) is 5.76 Å². The number of nitrogens with two attached hydrogens (primary N) is 1. The van der Waals surface area contributed by atoms with Crippen LogP contribution in [0.2, 0.25) is 0 Å². The molecule has 3 N–H and O–H groups in total. The number of benzene rings is 1. The van der Waals surface area contributed by atoms with E-state index in [1.54, 1.807) is 17.2 Å². The number of esters is 1. The lowest BCUT2D eigenvalue weighted by atomic mass is 9.95. The maximum absolute atomic E-state index is 13.2. The predicted molar refractivity (Wildman–Crippen MR) is 125 cm³/mol. The van der Waals surface area contributed by atoms with Crippen LogP contribution in [0, 0.1) is 6.92 Å². The number of ether oxygens (including phenoxy) is 1. The van der Waals surface area contributed by atoms with Crippen LogP contribution in [-0.2, 0) is 9.53 Å². The number of aromatic nitrogens is 3. The molecule has 0 bridgehead atoms. The van der Waals surface area contributed by atoms with Crippen LogP contribution in [0.4, 0.5) is 4.79 Å². The van der Waals surface area contributed by atoms with Gasteiger partial charge in [0.25, 0.3) is 0 Å². The largest absolute Gasteiger partial charge is 0.469 e. The van der Waals surface area contributed by atoms with E-state index in [0.29, 0.717) is 28.0 Å². The van der Waals surface area contributed by atoms with Crippen LogP contribution in [0.25, 0.3) is 11.4 Å². The first-order chi connectivity index (χ1) is 16.5. The number of nitrogens with one attached hydrogen (secondary N) is 1. The average Bonchev–Trinajstić information content (AvgIpc) is 3.50. The van der Waals surface area contributed by atoms with Gasteiger partial charge in [-0.25, -0.2) is 14.3 Å². The topological polar surface area (TPSA) is 129 Å². The quantitative estimate of drug-likeness (QED) is 0.300. The smallest absolute Gasteiger partial charge is 0.338 e. The molecule has 0 radical (unpaired) electrons. The van der Waals surface area contributed by atoms with Crippen molar-refractivity contribution in [1.82, 2.24) is 25.1 Å². The van der Waals surface area contributed by atoms with Crippen molar-refractivity contribution in [3.8, 4) is 11.4 Å². The SMILES string of the molecule is COC(=O)C1=C(CSc2nnc(-c3ccoc3C)n2N)N(C2CC2)C(=O)NC1c1ccccc1. The minimum absolute atomic E-state index is 0.0480. The Morgan fingerprint density at radius 3 is 2.68 bits per heavy atom. The van der Waals surface area contributed by atoms with Crippen LogP contribution in [0.15, 0.2) is 63.5 Å². The Morgan fingerprint density at radius 1 is 1.26 bits per heavy atom. The Labute approximate surface area is 200 Å². The second kappa shape index (κ2) is 8.90. The fourth-order valence-electron chi connectivity index (χ4n) is 4.10. The van der Waals surface area contributed by atoms with Crippen LogP contribution in [0.1, 0.15) is 30.2 Å². The minimum Gasteiger partial charge on any atom is -0.469 e. The molecule has 0 saturated heterocycles. The van der Waals surface area contributed by atoms with Crippen molar-refractivity contribution in [2.24, 2.45) is 0 Å². The summed E-state index contributed by atoms with van der Waals surface area (Å²) in [6.07, 6.45) is 3.32. The first-order valence-electron chi connectivity index (χ1n) is 10.8. The average molecular weight is 481 g/mol. The normalized spacial score (nSPS) is 18.2. The molecule has 176 valence electrons. The molecule has 1 fully saturated rings. The molecule has 1 saturated carbocycles. The van der Waals surface area contributed by atoms with E-state index >= 15 is 0 Å². The van der Waals surface area contributed by atoms with Gasteiger partial charge in [-0.3, -0.25) is 4.90 Å². The number of hydrogen-bond acceptors (Lipinski definition) is 8. The number of carbonyl (C=O) groups is 2. The molecule has 2 aromatic heterocycles. The fourth-order valence-corrected chi connectivity index (χ4v) is 4.98. The van der Waals surface area contributed by atoms with E-state index in [-0.39, 0.29) is 17.8 Å². The van der Waals surface area contributed by atoms with Crippen LogP contribution in [-0.4, -0.2) is 50.7 Å². The second-order valence-corrected chi connectivity index (χ2v) is 9.04. The Hall–Kier alpha value is -3.73. The number of nitrogen functional groups attached to an aromatic ring is 1. The van der Waals surface area contributed by atoms with Crippen LogP contribution in [0.5, 0.6) is 0 Å². The van der Waals surface area contributed by atoms with Gasteiger partial charge < -0.3 is 20.3 Å². The molecule has 2 amide bonds. The molecule has 11 heteroatoms. The summed E-state index contributed by atoms with van der Waals surface area (Å²) in [4.78, 5) is 27.8. The summed E-state index contributed by atoms with van der Waals surface area (Å²) in [6, 6.07) is 10.4. The molecule has 5 rings (SSSR count). The number of aryl methyl sites for hydroxylation is 1. The molecule has 34 heavy (non-hydrogen) atoms. The lowest BCUT2D eigenvalue weighted by molar-refractivity contribution is -0.136. The van der Waals surface area contributed by atoms with E-state index in [2.05, 4.69) is 15.5 Å². The highest BCUT2D eigenvalue weighted by Gasteiger charge is 2.44. The van der Waals surface area contributed by atoms with Crippen molar-refractivity contribution in [2.45, 2.75) is 37.0 Å². The van der Waals surface area contributed by atoms with E-state index < -0.39 is 12.0 Å². The van der Waals surface area contributed by atoms with Gasteiger partial charge in [-0.05, 0) is 31.4 Å². The molecule has 1 aliphatic heterocycles. The van der Waals surface area contributed by atoms with Crippen LogP contribution < -0.4 is 11.2 Å². The van der Waals surface area contributed by atoms with Crippen molar-refractivity contribution in [3.05, 3.63) is 65.3 Å². The Bertz CT molecular complexity index is 1260. The first kappa shape index (κ1) is 22.1. The number of methoxy groups -OCH3 is 1. The standard InChI is InChI=1S/C23H24N6O4S/c1-13-16(10-11-33-13)20-26-27-23(29(20)24)34-12-17-18(21(30)32-2)19(14-6-4-3-5-7-14)25-22(31)28(17)15-8-9-15/h3-7,10-11,15,19H,8-9,12,24H2,1-2H3,(H,25,31). The number of thioether (sulfide) groups is 1. The van der Waals surface area contributed by atoms with Crippen molar-refractivity contribution in [3.63, 3.8) is 0 Å². The Kier molecular flexibility index (Phi) is 5.78. The summed E-state index contributed by atoms with van der Waals surface area (Å²) in [7, 11) is 1.34. The van der Waals surface area contributed by atoms with Gasteiger partial charge in [0.05, 0.1) is 30.6 Å². The number of urea groups is 1. The molecule has 1 unspecified atom stereocenters. The van der Waals surface area contributed by atoms with E-state index in [0.717, 1.165) is 24.0 Å². The van der Waals surface area contributed by atoms with Crippen molar-refractivity contribution in [1.29, 1.82) is 0 Å².